The SMILES string of the molecule is CC(C)NC(CSc1cccc(Cl)c1)C(=O)O. The van der Waals surface area contributed by atoms with Crippen molar-refractivity contribution in [2.45, 2.75) is 30.8 Å². The average Bonchev–Trinajstić information content (AvgIpc) is 2.23. The molecule has 3 nitrogen and oxygen atoms in total. The summed E-state index contributed by atoms with van der Waals surface area (Å²) in [5, 5.41) is 12.7. The van der Waals surface area contributed by atoms with Crippen molar-refractivity contribution in [2.75, 3.05) is 5.75 Å². The number of aliphatic carboxylic acids is 1. The number of hydrogen-bond donors (Lipinski definition) is 2. The molecule has 0 aliphatic rings. The number of thioether (sulfide) groups is 1. The van der Waals surface area contributed by atoms with E-state index in [2.05, 4.69) is 5.32 Å². The molecule has 1 aromatic carbocycles. The Morgan fingerprint density at radius 3 is 2.76 bits per heavy atom. The molecule has 0 aromatic heterocycles. The summed E-state index contributed by atoms with van der Waals surface area (Å²) in [6.07, 6.45) is 0. The average molecular weight is 274 g/mol. The highest BCUT2D eigenvalue weighted by Gasteiger charge is 2.18. The molecule has 0 amide bonds. The Hall–Kier alpha value is -0.710. The Labute approximate surface area is 111 Å². The summed E-state index contributed by atoms with van der Waals surface area (Å²) in [6.45, 7) is 3.86. The molecular weight excluding hydrogens is 258 g/mol. The van der Waals surface area contributed by atoms with Gasteiger partial charge < -0.3 is 10.4 Å². The first-order valence-corrected chi connectivity index (χ1v) is 6.72. The van der Waals surface area contributed by atoms with Gasteiger partial charge in [-0.1, -0.05) is 31.5 Å². The van der Waals surface area contributed by atoms with Crippen LogP contribution in [0.5, 0.6) is 0 Å². The highest BCUT2D eigenvalue weighted by Crippen LogP contribution is 2.22. The summed E-state index contributed by atoms with van der Waals surface area (Å²) in [7, 11) is 0. The van der Waals surface area contributed by atoms with Crippen molar-refractivity contribution < 1.29 is 9.90 Å². The Bertz CT molecular complexity index is 385. The summed E-state index contributed by atoms with van der Waals surface area (Å²) in [6, 6.07) is 7.02. The van der Waals surface area contributed by atoms with Gasteiger partial charge in [-0.05, 0) is 18.2 Å². The quantitative estimate of drug-likeness (QED) is 0.783. The van der Waals surface area contributed by atoms with E-state index in [1.165, 1.54) is 11.8 Å². The van der Waals surface area contributed by atoms with Gasteiger partial charge in [0, 0.05) is 21.7 Å². The van der Waals surface area contributed by atoms with Gasteiger partial charge in [0.15, 0.2) is 0 Å². The van der Waals surface area contributed by atoms with Crippen LogP contribution < -0.4 is 5.32 Å². The number of carbonyl (C=O) groups is 1. The van der Waals surface area contributed by atoms with Crippen molar-refractivity contribution in [3.63, 3.8) is 0 Å². The van der Waals surface area contributed by atoms with E-state index >= 15 is 0 Å². The Morgan fingerprint density at radius 2 is 2.24 bits per heavy atom. The minimum absolute atomic E-state index is 0.149. The van der Waals surface area contributed by atoms with Gasteiger partial charge in [-0.3, -0.25) is 4.79 Å². The number of nitrogens with one attached hydrogen (secondary N) is 1. The minimum atomic E-state index is -0.826. The van der Waals surface area contributed by atoms with Gasteiger partial charge >= 0.3 is 5.97 Å². The number of benzene rings is 1. The lowest BCUT2D eigenvalue weighted by atomic mass is 10.3. The van der Waals surface area contributed by atoms with E-state index in [1.54, 1.807) is 6.07 Å². The number of halogens is 1. The smallest absolute Gasteiger partial charge is 0.321 e. The first kappa shape index (κ1) is 14.4. The maximum absolute atomic E-state index is 11.0. The highest BCUT2D eigenvalue weighted by atomic mass is 35.5. The molecule has 0 saturated carbocycles. The van der Waals surface area contributed by atoms with Crippen LogP contribution in [0.25, 0.3) is 0 Å². The highest BCUT2D eigenvalue weighted by molar-refractivity contribution is 7.99. The zero-order valence-corrected chi connectivity index (χ0v) is 11.4. The summed E-state index contributed by atoms with van der Waals surface area (Å²) in [5.41, 5.74) is 0. The zero-order valence-electron chi connectivity index (χ0n) is 9.81. The molecule has 0 heterocycles. The number of hydrogen-bond acceptors (Lipinski definition) is 3. The third-order valence-corrected chi connectivity index (χ3v) is 3.37. The molecule has 0 saturated heterocycles. The standard InChI is InChI=1S/C12H16ClNO2S/c1-8(2)14-11(12(15)16)7-17-10-5-3-4-9(13)6-10/h3-6,8,11,14H,7H2,1-2H3,(H,15,16). The lowest BCUT2D eigenvalue weighted by molar-refractivity contribution is -0.139. The maximum Gasteiger partial charge on any atom is 0.321 e. The summed E-state index contributed by atoms with van der Waals surface area (Å²) < 4.78 is 0. The van der Waals surface area contributed by atoms with Crippen LogP contribution in [-0.2, 0) is 4.79 Å². The second kappa shape index (κ2) is 6.89. The molecule has 94 valence electrons. The predicted octanol–water partition coefficient (Wildman–Crippen LogP) is 2.88. The molecule has 1 atom stereocenters. The third-order valence-electron chi connectivity index (χ3n) is 2.05. The summed E-state index contributed by atoms with van der Waals surface area (Å²) in [5.74, 6) is -0.346. The van der Waals surface area contributed by atoms with Gasteiger partial charge in [-0.25, -0.2) is 0 Å². The van der Waals surface area contributed by atoms with Crippen LogP contribution in [0.15, 0.2) is 29.2 Å². The van der Waals surface area contributed by atoms with Crippen molar-refractivity contribution in [1.29, 1.82) is 0 Å². The largest absolute Gasteiger partial charge is 0.480 e. The third kappa shape index (κ3) is 5.44. The zero-order chi connectivity index (χ0) is 12.8. The van der Waals surface area contributed by atoms with Crippen LogP contribution in [-0.4, -0.2) is 28.9 Å². The fourth-order valence-electron chi connectivity index (χ4n) is 1.33. The second-order valence-corrected chi connectivity index (χ2v) is 5.51. The number of rotatable bonds is 6. The van der Waals surface area contributed by atoms with Gasteiger partial charge in [-0.2, -0.15) is 0 Å². The minimum Gasteiger partial charge on any atom is -0.480 e. The lowest BCUT2D eigenvalue weighted by Crippen LogP contribution is -2.42. The predicted molar refractivity (Wildman–Crippen MR) is 71.9 cm³/mol. The topological polar surface area (TPSA) is 49.3 Å². The molecule has 5 heteroatoms. The van der Waals surface area contributed by atoms with Crippen molar-refractivity contribution in [1.82, 2.24) is 5.32 Å². The fraction of sp³-hybridized carbons (Fsp3) is 0.417. The first-order valence-electron chi connectivity index (χ1n) is 5.36. The second-order valence-electron chi connectivity index (χ2n) is 3.98. The monoisotopic (exact) mass is 273 g/mol. The van der Waals surface area contributed by atoms with E-state index in [0.717, 1.165) is 4.90 Å². The van der Waals surface area contributed by atoms with Gasteiger partial charge in [0.25, 0.3) is 0 Å². The molecule has 2 N–H and O–H groups in total. The molecule has 0 radical (unpaired) electrons. The van der Waals surface area contributed by atoms with E-state index in [1.807, 2.05) is 32.0 Å². The van der Waals surface area contributed by atoms with E-state index in [9.17, 15) is 4.79 Å². The van der Waals surface area contributed by atoms with Gasteiger partial charge in [0.2, 0.25) is 0 Å². The molecule has 17 heavy (non-hydrogen) atoms. The van der Waals surface area contributed by atoms with E-state index in [4.69, 9.17) is 16.7 Å². The lowest BCUT2D eigenvalue weighted by Gasteiger charge is -2.16. The van der Waals surface area contributed by atoms with Gasteiger partial charge in [0.05, 0.1) is 0 Å². The van der Waals surface area contributed by atoms with Gasteiger partial charge in [0.1, 0.15) is 6.04 Å². The van der Waals surface area contributed by atoms with E-state index < -0.39 is 12.0 Å². The summed E-state index contributed by atoms with van der Waals surface area (Å²) in [4.78, 5) is 12.0. The Morgan fingerprint density at radius 1 is 1.53 bits per heavy atom. The Kier molecular flexibility index (Phi) is 5.82. The van der Waals surface area contributed by atoms with E-state index in [0.29, 0.717) is 10.8 Å². The molecule has 0 aliphatic heterocycles. The van der Waals surface area contributed by atoms with Crippen molar-refractivity contribution in [3.05, 3.63) is 29.3 Å². The molecule has 1 unspecified atom stereocenters. The van der Waals surface area contributed by atoms with Crippen LogP contribution in [0.2, 0.25) is 5.02 Å². The van der Waals surface area contributed by atoms with Crippen molar-refractivity contribution >= 4 is 29.3 Å². The van der Waals surface area contributed by atoms with Crippen LogP contribution in [0.1, 0.15) is 13.8 Å². The van der Waals surface area contributed by atoms with Crippen LogP contribution >= 0.6 is 23.4 Å². The van der Waals surface area contributed by atoms with Crippen LogP contribution in [0.4, 0.5) is 0 Å². The van der Waals surface area contributed by atoms with Crippen LogP contribution in [0, 0.1) is 0 Å². The number of carboxylic acid groups (broad SMARTS) is 1. The molecule has 1 aromatic rings. The molecule has 0 spiro atoms. The molecule has 0 fully saturated rings. The Balaban J connectivity index is 2.54. The van der Waals surface area contributed by atoms with Crippen molar-refractivity contribution in [2.24, 2.45) is 0 Å². The fourth-order valence-corrected chi connectivity index (χ4v) is 2.57. The van der Waals surface area contributed by atoms with Crippen LogP contribution in [0.3, 0.4) is 0 Å². The normalized spacial score (nSPS) is 12.7. The first-order chi connectivity index (χ1) is 7.99. The van der Waals surface area contributed by atoms with Crippen molar-refractivity contribution in [3.8, 4) is 0 Å². The maximum atomic E-state index is 11.0. The molecular formula is C12H16ClNO2S. The molecule has 0 bridgehead atoms. The number of carboxylic acids is 1. The molecule has 0 aliphatic carbocycles. The molecule has 1 rings (SSSR count). The summed E-state index contributed by atoms with van der Waals surface area (Å²) >= 11 is 7.35. The van der Waals surface area contributed by atoms with E-state index in [-0.39, 0.29) is 6.04 Å². The van der Waals surface area contributed by atoms with Gasteiger partial charge in [-0.15, -0.1) is 11.8 Å².